The number of rotatable bonds is 0. The third-order valence-corrected chi connectivity index (χ3v) is 2.04. The first-order chi connectivity index (χ1) is 6.25. The number of fused-ring (bicyclic) bond motifs is 1. The van der Waals surface area contributed by atoms with Gasteiger partial charge in [0.2, 0.25) is 11.6 Å². The minimum absolute atomic E-state index is 0.0839. The van der Waals surface area contributed by atoms with Crippen LogP contribution in [-0.2, 0) is 4.79 Å². The molecule has 1 aromatic carbocycles. The molecule has 13 heavy (non-hydrogen) atoms. The van der Waals surface area contributed by atoms with Crippen molar-refractivity contribution in [1.29, 1.82) is 0 Å². The molecule has 0 unspecified atom stereocenters. The van der Waals surface area contributed by atoms with Crippen molar-refractivity contribution in [3.63, 3.8) is 0 Å². The van der Waals surface area contributed by atoms with Gasteiger partial charge in [-0.25, -0.2) is 0 Å². The molecule has 0 atom stereocenters. The summed E-state index contributed by atoms with van der Waals surface area (Å²) < 4.78 is 0. The molecule has 3 nitrogen and oxygen atoms in total. The van der Waals surface area contributed by atoms with E-state index < -0.39 is 11.6 Å². The quantitative estimate of drug-likeness (QED) is 0.367. The first kappa shape index (κ1) is 7.73. The lowest BCUT2D eigenvalue weighted by Crippen LogP contribution is -2.05. The van der Waals surface area contributed by atoms with Gasteiger partial charge in [0, 0.05) is 11.1 Å². The van der Waals surface area contributed by atoms with E-state index in [1.54, 1.807) is 24.3 Å². The topological polar surface area (TPSA) is 54.4 Å². The number of carbonyl (C=O) groups is 2. The Hall–Kier alpha value is -1.90. The van der Waals surface area contributed by atoms with Crippen molar-refractivity contribution in [3.8, 4) is 0 Å². The van der Waals surface area contributed by atoms with E-state index >= 15 is 0 Å². The van der Waals surface area contributed by atoms with E-state index in [4.69, 9.17) is 5.11 Å². The van der Waals surface area contributed by atoms with Crippen LogP contribution in [0.1, 0.15) is 15.9 Å². The molecule has 2 rings (SSSR count). The molecule has 0 saturated heterocycles. The lowest BCUT2D eigenvalue weighted by Gasteiger charge is -1.93. The highest BCUT2D eigenvalue weighted by Crippen LogP contribution is 2.28. The van der Waals surface area contributed by atoms with Gasteiger partial charge in [0.25, 0.3) is 0 Å². The van der Waals surface area contributed by atoms with Crippen LogP contribution in [0, 0.1) is 0 Å². The second kappa shape index (κ2) is 2.55. The molecule has 0 saturated carbocycles. The average molecular weight is 174 g/mol. The normalized spacial score (nSPS) is 18.0. The van der Waals surface area contributed by atoms with Gasteiger partial charge in [-0.1, -0.05) is 24.3 Å². The van der Waals surface area contributed by atoms with Gasteiger partial charge in [-0.2, -0.15) is 0 Å². The summed E-state index contributed by atoms with van der Waals surface area (Å²) in [5.74, 6) is -1.18. The van der Waals surface area contributed by atoms with E-state index in [0.29, 0.717) is 17.4 Å². The molecule has 1 aliphatic rings. The molecule has 1 aromatic rings. The molecule has 0 aliphatic heterocycles. The number of aliphatic hydroxyl groups excluding tert-OH is 1. The molecule has 0 amide bonds. The molecule has 0 bridgehead atoms. The minimum atomic E-state index is -0.635. The fraction of sp³-hybridized carbons (Fsp3) is 0. The van der Waals surface area contributed by atoms with Gasteiger partial charge >= 0.3 is 0 Å². The van der Waals surface area contributed by atoms with Crippen molar-refractivity contribution in [2.75, 3.05) is 0 Å². The van der Waals surface area contributed by atoms with E-state index in [1.807, 2.05) is 0 Å². The molecule has 0 fully saturated rings. The van der Waals surface area contributed by atoms with E-state index in [0.717, 1.165) is 0 Å². The summed E-state index contributed by atoms with van der Waals surface area (Å²) in [6.45, 7) is 0. The highest BCUT2D eigenvalue weighted by atomic mass is 16.2. The molecule has 1 aliphatic carbocycles. The van der Waals surface area contributed by atoms with Gasteiger partial charge < -0.3 is 5.11 Å². The van der Waals surface area contributed by atoms with Crippen LogP contribution in [0.5, 0.6) is 0 Å². The molecule has 64 valence electrons. The second-order valence-electron chi connectivity index (χ2n) is 2.75. The number of ketones is 2. The van der Waals surface area contributed by atoms with Gasteiger partial charge in [0.1, 0.15) is 0 Å². The molecular weight excluding hydrogens is 168 g/mol. The molecular formula is C10H6O3. The third kappa shape index (κ3) is 0.902. The van der Waals surface area contributed by atoms with Crippen molar-refractivity contribution >= 4 is 17.1 Å². The van der Waals surface area contributed by atoms with Crippen LogP contribution in [0.25, 0.3) is 5.57 Å². The fourth-order valence-corrected chi connectivity index (χ4v) is 1.41. The number of hydrogen-bond donors (Lipinski definition) is 1. The van der Waals surface area contributed by atoms with Crippen molar-refractivity contribution in [2.24, 2.45) is 0 Å². The number of aliphatic hydroxyl groups is 1. The monoisotopic (exact) mass is 174 g/mol. The summed E-state index contributed by atoms with van der Waals surface area (Å²) in [5, 5.41) is 8.77. The van der Waals surface area contributed by atoms with Gasteiger partial charge in [-0.3, -0.25) is 9.59 Å². The van der Waals surface area contributed by atoms with Crippen LogP contribution in [-0.4, -0.2) is 16.7 Å². The Kier molecular flexibility index (Phi) is 1.52. The standard InChI is InChI=1S/C10H6O3/c11-5-8-6-3-1-2-4-7(6)9(12)10(8)13/h1-5,11H/b8-5+. The van der Waals surface area contributed by atoms with Gasteiger partial charge in [-0.15, -0.1) is 0 Å². The van der Waals surface area contributed by atoms with E-state index in [1.165, 1.54) is 0 Å². The lowest BCUT2D eigenvalue weighted by atomic mass is 10.1. The summed E-state index contributed by atoms with van der Waals surface area (Å²) in [5.41, 5.74) is 0.966. The van der Waals surface area contributed by atoms with Crippen LogP contribution in [0.3, 0.4) is 0 Å². The Morgan fingerprint density at radius 2 is 1.62 bits per heavy atom. The zero-order valence-corrected chi connectivity index (χ0v) is 6.65. The van der Waals surface area contributed by atoms with Crippen LogP contribution in [0.4, 0.5) is 0 Å². The lowest BCUT2D eigenvalue weighted by molar-refractivity contribution is -0.109. The number of carbonyl (C=O) groups excluding carboxylic acids is 2. The van der Waals surface area contributed by atoms with Crippen molar-refractivity contribution in [1.82, 2.24) is 0 Å². The Morgan fingerprint density at radius 1 is 1.00 bits per heavy atom. The summed E-state index contributed by atoms with van der Waals surface area (Å²) in [6, 6.07) is 6.62. The molecule has 1 N–H and O–H groups in total. The number of Topliss-reactive ketones (excluding diaryl/α,β-unsaturated/α-hetero) is 2. The zero-order chi connectivity index (χ0) is 9.42. The number of benzene rings is 1. The Labute approximate surface area is 74.3 Å². The van der Waals surface area contributed by atoms with Crippen LogP contribution < -0.4 is 0 Å². The maximum atomic E-state index is 11.3. The smallest absolute Gasteiger partial charge is 0.237 e. The van der Waals surface area contributed by atoms with Gasteiger partial charge in [0.05, 0.1) is 11.8 Å². The summed E-state index contributed by atoms with van der Waals surface area (Å²) in [4.78, 5) is 22.5. The minimum Gasteiger partial charge on any atom is -0.515 e. The molecule has 0 radical (unpaired) electrons. The third-order valence-electron chi connectivity index (χ3n) is 2.04. The Bertz CT molecular complexity index is 430. The van der Waals surface area contributed by atoms with Crippen LogP contribution >= 0.6 is 0 Å². The number of hydrogen-bond acceptors (Lipinski definition) is 3. The van der Waals surface area contributed by atoms with E-state index in [9.17, 15) is 9.59 Å². The van der Waals surface area contributed by atoms with Crippen LogP contribution in [0.2, 0.25) is 0 Å². The van der Waals surface area contributed by atoms with Crippen LogP contribution in [0.15, 0.2) is 30.5 Å². The molecule has 0 aromatic heterocycles. The molecule has 0 heterocycles. The van der Waals surface area contributed by atoms with E-state index in [2.05, 4.69) is 0 Å². The predicted octanol–water partition coefficient (Wildman–Crippen LogP) is 1.35. The first-order valence-electron chi connectivity index (χ1n) is 3.78. The Balaban J connectivity index is 2.74. The zero-order valence-electron chi connectivity index (χ0n) is 6.65. The summed E-state index contributed by atoms with van der Waals surface area (Å²) in [7, 11) is 0. The second-order valence-corrected chi connectivity index (χ2v) is 2.75. The van der Waals surface area contributed by atoms with Crippen molar-refractivity contribution in [2.45, 2.75) is 0 Å². The molecule has 3 heteroatoms. The SMILES string of the molecule is O=C1C(=O)c2ccccc2/C1=C\O. The first-order valence-corrected chi connectivity index (χ1v) is 3.78. The summed E-state index contributed by atoms with van der Waals surface area (Å²) in [6.07, 6.45) is 0.687. The summed E-state index contributed by atoms with van der Waals surface area (Å²) >= 11 is 0. The van der Waals surface area contributed by atoms with Crippen molar-refractivity contribution < 1.29 is 14.7 Å². The highest BCUT2D eigenvalue weighted by Gasteiger charge is 2.32. The highest BCUT2D eigenvalue weighted by molar-refractivity contribution is 6.62. The maximum Gasteiger partial charge on any atom is 0.237 e. The molecule has 0 spiro atoms. The maximum absolute atomic E-state index is 11.3. The fourth-order valence-electron chi connectivity index (χ4n) is 1.41. The van der Waals surface area contributed by atoms with Gasteiger partial charge in [-0.05, 0) is 0 Å². The van der Waals surface area contributed by atoms with Crippen molar-refractivity contribution in [3.05, 3.63) is 41.7 Å². The van der Waals surface area contributed by atoms with E-state index in [-0.39, 0.29) is 5.57 Å². The Morgan fingerprint density at radius 3 is 2.23 bits per heavy atom. The predicted molar refractivity (Wildman–Crippen MR) is 46.4 cm³/mol. The number of allylic oxidation sites excluding steroid dienone is 1. The average Bonchev–Trinajstić information content (AvgIpc) is 2.41. The van der Waals surface area contributed by atoms with Gasteiger partial charge in [0.15, 0.2) is 0 Å². The largest absolute Gasteiger partial charge is 0.515 e.